The molecular weight excluding hydrogens is 210 g/mol. The Bertz CT molecular complexity index is 360. The van der Waals surface area contributed by atoms with Crippen molar-refractivity contribution in [1.29, 1.82) is 0 Å². The highest BCUT2D eigenvalue weighted by molar-refractivity contribution is 5.38. The molecule has 1 aromatic carbocycles. The summed E-state index contributed by atoms with van der Waals surface area (Å²) in [4.78, 5) is 0. The summed E-state index contributed by atoms with van der Waals surface area (Å²) in [7, 11) is 0. The fourth-order valence-electron chi connectivity index (χ4n) is 2.28. The summed E-state index contributed by atoms with van der Waals surface area (Å²) < 4.78 is 5.45. The largest absolute Gasteiger partial charge is 0.380 e. The first kappa shape index (κ1) is 14.2. The SMILES string of the molecule is CCOCC(C)(N)Cc1c(C)cc(C)cc1C. The second-order valence-corrected chi connectivity index (χ2v) is 5.35. The topological polar surface area (TPSA) is 35.2 Å². The highest BCUT2D eigenvalue weighted by Gasteiger charge is 2.21. The van der Waals surface area contributed by atoms with Gasteiger partial charge in [0.05, 0.1) is 6.61 Å². The molecule has 2 heteroatoms. The van der Waals surface area contributed by atoms with Crippen LogP contribution in [0.5, 0.6) is 0 Å². The summed E-state index contributed by atoms with van der Waals surface area (Å²) in [5, 5.41) is 0. The minimum Gasteiger partial charge on any atom is -0.380 e. The van der Waals surface area contributed by atoms with Crippen LogP contribution in [0.15, 0.2) is 12.1 Å². The van der Waals surface area contributed by atoms with Gasteiger partial charge in [0.25, 0.3) is 0 Å². The Balaban J connectivity index is 2.87. The third kappa shape index (κ3) is 4.14. The average Bonchev–Trinajstić information content (AvgIpc) is 2.21. The van der Waals surface area contributed by atoms with E-state index in [9.17, 15) is 0 Å². The smallest absolute Gasteiger partial charge is 0.0646 e. The van der Waals surface area contributed by atoms with Gasteiger partial charge in [0.2, 0.25) is 0 Å². The number of nitrogens with two attached hydrogens (primary N) is 1. The van der Waals surface area contributed by atoms with E-state index >= 15 is 0 Å². The van der Waals surface area contributed by atoms with Crippen LogP contribution in [0.4, 0.5) is 0 Å². The summed E-state index contributed by atoms with van der Waals surface area (Å²) in [6.45, 7) is 11.8. The van der Waals surface area contributed by atoms with E-state index in [4.69, 9.17) is 10.5 Å². The van der Waals surface area contributed by atoms with Gasteiger partial charge in [-0.15, -0.1) is 0 Å². The monoisotopic (exact) mass is 235 g/mol. The minimum absolute atomic E-state index is 0.291. The standard InChI is InChI=1S/C15H25NO/c1-6-17-10-15(5,16)9-14-12(3)7-11(2)8-13(14)4/h7-8H,6,9-10,16H2,1-5H3. The van der Waals surface area contributed by atoms with Gasteiger partial charge in [0.1, 0.15) is 0 Å². The number of rotatable bonds is 5. The minimum atomic E-state index is -0.291. The first-order chi connectivity index (χ1) is 7.85. The predicted molar refractivity (Wildman–Crippen MR) is 73.4 cm³/mol. The molecular formula is C15H25NO. The molecule has 0 saturated heterocycles. The van der Waals surface area contributed by atoms with Crippen molar-refractivity contribution in [3.63, 3.8) is 0 Å². The van der Waals surface area contributed by atoms with Crippen molar-refractivity contribution in [1.82, 2.24) is 0 Å². The Morgan fingerprint density at radius 1 is 1.18 bits per heavy atom. The summed E-state index contributed by atoms with van der Waals surface area (Å²) >= 11 is 0. The Morgan fingerprint density at radius 2 is 1.71 bits per heavy atom. The maximum absolute atomic E-state index is 6.29. The van der Waals surface area contributed by atoms with Crippen molar-refractivity contribution in [2.24, 2.45) is 5.73 Å². The highest BCUT2D eigenvalue weighted by atomic mass is 16.5. The second-order valence-electron chi connectivity index (χ2n) is 5.35. The zero-order chi connectivity index (χ0) is 13.1. The summed E-state index contributed by atoms with van der Waals surface area (Å²) in [6.07, 6.45) is 0.866. The van der Waals surface area contributed by atoms with Crippen LogP contribution in [0.2, 0.25) is 0 Å². The van der Waals surface area contributed by atoms with Crippen LogP contribution < -0.4 is 5.73 Å². The molecule has 0 heterocycles. The third-order valence-corrected chi connectivity index (χ3v) is 3.06. The Kier molecular flexibility index (Phi) is 4.72. The molecule has 1 unspecified atom stereocenters. The van der Waals surface area contributed by atoms with Crippen LogP contribution in [0.1, 0.15) is 36.1 Å². The number of hydrogen-bond donors (Lipinski definition) is 1. The molecule has 1 rings (SSSR count). The molecule has 0 radical (unpaired) electrons. The molecule has 0 aliphatic carbocycles. The van der Waals surface area contributed by atoms with Gasteiger partial charge in [-0.25, -0.2) is 0 Å². The maximum atomic E-state index is 6.29. The van der Waals surface area contributed by atoms with Crippen molar-refractivity contribution >= 4 is 0 Å². The van der Waals surface area contributed by atoms with Crippen molar-refractivity contribution in [3.05, 3.63) is 34.4 Å². The number of aryl methyl sites for hydroxylation is 3. The van der Waals surface area contributed by atoms with Crippen LogP contribution in [-0.2, 0) is 11.2 Å². The lowest BCUT2D eigenvalue weighted by Gasteiger charge is -2.26. The Morgan fingerprint density at radius 3 is 2.18 bits per heavy atom. The van der Waals surface area contributed by atoms with Gasteiger partial charge in [-0.05, 0) is 57.7 Å². The van der Waals surface area contributed by atoms with Crippen LogP contribution in [0.25, 0.3) is 0 Å². The molecule has 1 atom stereocenters. The zero-order valence-corrected chi connectivity index (χ0v) is 11.8. The van der Waals surface area contributed by atoms with Crippen molar-refractivity contribution in [3.8, 4) is 0 Å². The predicted octanol–water partition coefficient (Wildman–Crippen LogP) is 2.91. The normalized spacial score (nSPS) is 14.7. The fourth-order valence-corrected chi connectivity index (χ4v) is 2.28. The van der Waals surface area contributed by atoms with Crippen LogP contribution in [0, 0.1) is 20.8 Å². The number of hydrogen-bond acceptors (Lipinski definition) is 2. The average molecular weight is 235 g/mol. The maximum Gasteiger partial charge on any atom is 0.0646 e. The van der Waals surface area contributed by atoms with E-state index in [1.54, 1.807) is 0 Å². The van der Waals surface area contributed by atoms with E-state index in [0.717, 1.165) is 13.0 Å². The first-order valence-electron chi connectivity index (χ1n) is 6.29. The summed E-state index contributed by atoms with van der Waals surface area (Å²) in [5.41, 5.74) is 11.3. The number of benzene rings is 1. The molecule has 1 aromatic rings. The lowest BCUT2D eigenvalue weighted by atomic mass is 9.88. The molecule has 0 aliphatic rings. The molecule has 0 aromatic heterocycles. The van der Waals surface area contributed by atoms with Crippen LogP contribution in [0.3, 0.4) is 0 Å². The molecule has 0 bridgehead atoms. The van der Waals surface area contributed by atoms with E-state index in [2.05, 4.69) is 39.8 Å². The quantitative estimate of drug-likeness (QED) is 0.851. The second kappa shape index (κ2) is 5.65. The van der Waals surface area contributed by atoms with Crippen molar-refractivity contribution in [2.45, 2.75) is 46.6 Å². The molecule has 0 saturated carbocycles. The van der Waals surface area contributed by atoms with Gasteiger partial charge >= 0.3 is 0 Å². The molecule has 0 aliphatic heterocycles. The van der Waals surface area contributed by atoms with Crippen LogP contribution in [-0.4, -0.2) is 18.8 Å². The molecule has 2 nitrogen and oxygen atoms in total. The van der Waals surface area contributed by atoms with E-state index in [1.807, 2.05) is 6.92 Å². The summed E-state index contributed by atoms with van der Waals surface area (Å²) in [5.74, 6) is 0. The van der Waals surface area contributed by atoms with E-state index in [0.29, 0.717) is 6.61 Å². The molecule has 0 spiro atoms. The third-order valence-electron chi connectivity index (χ3n) is 3.06. The van der Waals surface area contributed by atoms with E-state index in [1.165, 1.54) is 22.3 Å². The number of ether oxygens (including phenoxy) is 1. The Hall–Kier alpha value is -0.860. The molecule has 17 heavy (non-hydrogen) atoms. The molecule has 96 valence electrons. The van der Waals surface area contributed by atoms with Gasteiger partial charge in [0.15, 0.2) is 0 Å². The van der Waals surface area contributed by atoms with Gasteiger partial charge < -0.3 is 10.5 Å². The molecule has 0 fully saturated rings. The lowest BCUT2D eigenvalue weighted by Crippen LogP contribution is -2.43. The summed E-state index contributed by atoms with van der Waals surface area (Å²) in [6, 6.07) is 4.44. The highest BCUT2D eigenvalue weighted by Crippen LogP contribution is 2.21. The van der Waals surface area contributed by atoms with Gasteiger partial charge in [-0.3, -0.25) is 0 Å². The van der Waals surface area contributed by atoms with E-state index in [-0.39, 0.29) is 5.54 Å². The first-order valence-corrected chi connectivity index (χ1v) is 6.29. The van der Waals surface area contributed by atoms with Gasteiger partial charge in [0, 0.05) is 12.1 Å². The van der Waals surface area contributed by atoms with Crippen LogP contribution >= 0.6 is 0 Å². The lowest BCUT2D eigenvalue weighted by molar-refractivity contribution is 0.101. The van der Waals surface area contributed by atoms with Gasteiger partial charge in [-0.1, -0.05) is 17.7 Å². The van der Waals surface area contributed by atoms with E-state index < -0.39 is 0 Å². The van der Waals surface area contributed by atoms with Crippen molar-refractivity contribution < 1.29 is 4.74 Å². The fraction of sp³-hybridized carbons (Fsp3) is 0.600. The van der Waals surface area contributed by atoms with Crippen molar-refractivity contribution in [2.75, 3.05) is 13.2 Å². The molecule has 0 amide bonds. The molecule has 2 N–H and O–H groups in total. The van der Waals surface area contributed by atoms with Gasteiger partial charge in [-0.2, -0.15) is 0 Å². The zero-order valence-electron chi connectivity index (χ0n) is 11.8. The Labute approximate surface area is 105 Å².